The van der Waals surface area contributed by atoms with E-state index in [2.05, 4.69) is 35.6 Å². The molecule has 16 nitrogen and oxygen atoms in total. The van der Waals surface area contributed by atoms with Gasteiger partial charge in [-0.05, 0) is 103 Å². The van der Waals surface area contributed by atoms with Crippen molar-refractivity contribution in [3.8, 4) is 27.4 Å². The number of benzene rings is 2. The molecule has 2 aliphatic carbocycles. The number of hydrogen-bond acceptors (Lipinski definition) is 14. The van der Waals surface area contributed by atoms with Gasteiger partial charge in [0.05, 0.1) is 39.1 Å². The number of phenolic OH excluding ortho intramolecular Hbond substituents is 1. The Bertz CT molecular complexity index is 2830. The number of aliphatic hydroxyl groups excluding tert-OH is 1. The number of fused-ring (bicyclic) bond motifs is 2. The maximum Gasteiger partial charge on any atom is 0.416 e. The number of phenols is 1. The van der Waals surface area contributed by atoms with Crippen LogP contribution < -0.4 is 26.2 Å². The number of thiazole rings is 1. The molecule has 2 saturated carbocycles. The van der Waals surface area contributed by atoms with Crippen molar-refractivity contribution < 1.29 is 37.8 Å². The second-order valence-electron chi connectivity index (χ2n) is 21.3. The summed E-state index contributed by atoms with van der Waals surface area (Å²) >= 11 is 1.24. The number of nitrogens with zero attached hydrogens (tertiary/aromatic N) is 8. The first-order valence-corrected chi connectivity index (χ1v) is 25.1. The number of amides is 3. The number of aromatic nitrogens is 5. The van der Waals surface area contributed by atoms with Crippen molar-refractivity contribution in [3.05, 3.63) is 88.8 Å². The minimum absolute atomic E-state index is 0.0133. The Morgan fingerprint density at radius 3 is 2.28 bits per heavy atom. The summed E-state index contributed by atoms with van der Waals surface area (Å²) in [6, 6.07) is 11.1. The number of β-amino-alcohol motifs (C(OH)–C–C–N with tert-alkyl or cyclic N) is 1. The maximum absolute atomic E-state index is 14.3. The summed E-state index contributed by atoms with van der Waals surface area (Å²) in [5.41, 5.74) is 10.1. The van der Waals surface area contributed by atoms with Crippen LogP contribution in [-0.2, 0) is 27.1 Å². The van der Waals surface area contributed by atoms with Crippen LogP contribution in [-0.4, -0.2) is 108 Å². The van der Waals surface area contributed by atoms with E-state index < -0.39 is 53.7 Å². The molecule has 6 N–H and O–H groups in total. The zero-order valence-corrected chi connectivity index (χ0v) is 40.8. The number of alkyl halides is 3. The first-order valence-electron chi connectivity index (χ1n) is 24.2. The van der Waals surface area contributed by atoms with Crippen LogP contribution >= 0.6 is 11.3 Å². The van der Waals surface area contributed by atoms with Gasteiger partial charge in [-0.25, -0.2) is 15.0 Å². The van der Waals surface area contributed by atoms with Gasteiger partial charge >= 0.3 is 6.18 Å². The van der Waals surface area contributed by atoms with E-state index in [1.807, 2.05) is 45.3 Å². The number of piperazine rings is 1. The summed E-state index contributed by atoms with van der Waals surface area (Å²) in [4.78, 5) is 62.1. The molecule has 5 atom stereocenters. The summed E-state index contributed by atoms with van der Waals surface area (Å²) in [5.74, 6) is -0.334. The molecule has 10 rings (SSSR count). The molecular weight excluding hydrogens is 936 g/mol. The average Bonchev–Trinajstić information content (AvgIpc) is 3.99. The quantitative estimate of drug-likeness (QED) is 0.0943. The van der Waals surface area contributed by atoms with E-state index in [9.17, 15) is 37.8 Å². The minimum Gasteiger partial charge on any atom is -0.507 e. The molecule has 5 fully saturated rings. The predicted octanol–water partition coefficient (Wildman–Crippen LogP) is 6.61. The highest BCUT2D eigenvalue weighted by Gasteiger charge is 2.56. The number of nitrogen functional groups attached to an aromatic ring is 1. The number of aliphatic hydroxyl groups is 1. The fourth-order valence-electron chi connectivity index (χ4n) is 11.7. The lowest BCUT2D eigenvalue weighted by Crippen LogP contribution is -2.60. The number of aromatic hydroxyl groups is 1. The molecule has 20 heteroatoms. The Labute approximate surface area is 413 Å². The van der Waals surface area contributed by atoms with Crippen LogP contribution in [0.2, 0.25) is 0 Å². The number of para-hydroxylation sites is 1. The Kier molecular flexibility index (Phi) is 12.4. The van der Waals surface area contributed by atoms with Crippen LogP contribution in [0.3, 0.4) is 0 Å². The van der Waals surface area contributed by atoms with Gasteiger partial charge in [-0.3, -0.25) is 14.4 Å². The van der Waals surface area contributed by atoms with Crippen molar-refractivity contribution in [2.24, 2.45) is 16.7 Å². The van der Waals surface area contributed by atoms with Crippen LogP contribution in [0.25, 0.3) is 21.7 Å². The third kappa shape index (κ3) is 9.35. The number of nitrogens with two attached hydrogens (primary N) is 1. The molecule has 2 aromatic carbocycles. The molecule has 6 heterocycles. The van der Waals surface area contributed by atoms with Crippen LogP contribution in [0.15, 0.2) is 66.4 Å². The van der Waals surface area contributed by atoms with Crippen molar-refractivity contribution in [1.82, 2.24) is 40.7 Å². The highest BCUT2D eigenvalue weighted by atomic mass is 32.1. The minimum atomic E-state index is -4.69. The van der Waals surface area contributed by atoms with Gasteiger partial charge in [-0.15, -0.1) is 21.5 Å². The number of likely N-dealkylation sites (tertiary alicyclic amines) is 1. The molecule has 3 aromatic heterocycles. The first kappa shape index (κ1) is 48.2. The number of carbonyl (C=O) groups excluding carboxylic acids is 3. The lowest BCUT2D eigenvalue weighted by molar-refractivity contribution is -0.148. The number of halogens is 3. The molecule has 3 saturated heterocycles. The smallest absolute Gasteiger partial charge is 0.416 e. The standard InChI is InChI=1S/C51H58F3N11O5S/c1-27-42(71-26-59-27)28-9-10-29(37(13-28)51(52,53)54)20-56-46(69)40-14-35(66)25-64(40)47(70)43(49(2,3)4)60-45(68)31-18-50(19-31)16-30(17-50)32-21-57-48(58-22-32)65-33-11-12-34(65)24-63(23-33)39-15-38(61-62-44(39)55)36-7-5-6-8-41(36)67/h5-10,13,15,21-22,26,30-31,33-35,40,43,66-67H,11-12,14,16-20,23-25H2,1-4H3,(H2,55,62)(H,56,69)(H,60,68)/t30?,31?,33?,34?,35-,40+,43-,50?/m1/s1. The van der Waals surface area contributed by atoms with Crippen LogP contribution in [0, 0.1) is 23.7 Å². The third-order valence-corrected chi connectivity index (χ3v) is 16.4. The van der Waals surface area contributed by atoms with Crippen molar-refractivity contribution in [1.29, 1.82) is 0 Å². The Morgan fingerprint density at radius 1 is 0.930 bits per heavy atom. The second-order valence-corrected chi connectivity index (χ2v) is 22.2. The van der Waals surface area contributed by atoms with Gasteiger partial charge in [0, 0.05) is 68.6 Å². The topological polar surface area (TPSA) is 216 Å². The number of carbonyl (C=O) groups is 3. The molecule has 2 bridgehead atoms. The number of aryl methyl sites for hydroxylation is 1. The fourth-order valence-corrected chi connectivity index (χ4v) is 12.5. The van der Waals surface area contributed by atoms with E-state index >= 15 is 0 Å². The van der Waals surface area contributed by atoms with E-state index in [-0.39, 0.29) is 59.5 Å². The van der Waals surface area contributed by atoms with Gasteiger partial charge in [-0.1, -0.05) is 45.0 Å². The molecular formula is C51H58F3N11O5S. The van der Waals surface area contributed by atoms with E-state index in [0.717, 1.165) is 43.0 Å². The largest absolute Gasteiger partial charge is 0.507 e. The van der Waals surface area contributed by atoms with Gasteiger partial charge in [0.1, 0.15) is 17.8 Å². The summed E-state index contributed by atoms with van der Waals surface area (Å²) in [5, 5.41) is 35.2. The molecule has 71 heavy (non-hydrogen) atoms. The number of anilines is 3. The molecule has 3 aliphatic heterocycles. The number of hydrogen-bond donors (Lipinski definition) is 5. The zero-order valence-electron chi connectivity index (χ0n) is 40.0. The van der Waals surface area contributed by atoms with Crippen LogP contribution in [0.5, 0.6) is 5.75 Å². The van der Waals surface area contributed by atoms with Crippen molar-refractivity contribution in [2.45, 2.75) is 122 Å². The van der Waals surface area contributed by atoms with Gasteiger partial charge in [0.15, 0.2) is 5.82 Å². The normalized spacial score (nSPS) is 25.4. The number of rotatable bonds is 11. The fraction of sp³-hybridized carbons (Fsp3) is 0.490. The Morgan fingerprint density at radius 2 is 1.63 bits per heavy atom. The molecule has 5 aliphatic rings. The van der Waals surface area contributed by atoms with Crippen molar-refractivity contribution in [2.75, 3.05) is 35.2 Å². The van der Waals surface area contributed by atoms with E-state index in [1.165, 1.54) is 22.3 Å². The molecule has 5 aromatic rings. The molecule has 2 unspecified atom stereocenters. The molecule has 374 valence electrons. The molecule has 3 amide bonds. The van der Waals surface area contributed by atoms with Gasteiger partial charge in [0.2, 0.25) is 23.7 Å². The monoisotopic (exact) mass is 993 g/mol. The summed E-state index contributed by atoms with van der Waals surface area (Å²) < 4.78 is 42.8. The van der Waals surface area contributed by atoms with E-state index in [1.54, 1.807) is 36.7 Å². The third-order valence-electron chi connectivity index (χ3n) is 15.4. The predicted molar refractivity (Wildman–Crippen MR) is 261 cm³/mol. The van der Waals surface area contributed by atoms with Crippen molar-refractivity contribution in [3.63, 3.8) is 0 Å². The second kappa shape index (κ2) is 18.3. The first-order chi connectivity index (χ1) is 33.7. The summed E-state index contributed by atoms with van der Waals surface area (Å²) in [6.45, 7) is 7.99. The summed E-state index contributed by atoms with van der Waals surface area (Å²) in [7, 11) is 0. The highest BCUT2D eigenvalue weighted by molar-refractivity contribution is 7.13. The zero-order chi connectivity index (χ0) is 50.1. The van der Waals surface area contributed by atoms with Crippen LogP contribution in [0.1, 0.15) is 94.0 Å². The lowest BCUT2D eigenvalue weighted by atomic mass is 9.47. The van der Waals surface area contributed by atoms with Crippen LogP contribution in [0.4, 0.5) is 30.6 Å². The Balaban J connectivity index is 0.725. The summed E-state index contributed by atoms with van der Waals surface area (Å²) in [6.07, 6.45) is 3.18. The van der Waals surface area contributed by atoms with Gasteiger partial charge < -0.3 is 41.3 Å². The van der Waals surface area contributed by atoms with Gasteiger partial charge in [-0.2, -0.15) is 13.2 Å². The van der Waals surface area contributed by atoms with E-state index in [0.29, 0.717) is 65.1 Å². The molecule has 1 spiro atoms. The average molecular weight is 994 g/mol. The number of nitrogens with one attached hydrogen (secondary N) is 2. The maximum atomic E-state index is 14.3. The SMILES string of the molecule is Cc1ncsc1-c1ccc(CNC(=O)[C@@H]2C[C@@H](O)CN2C(=O)[C@@H](NC(=O)C2CC3(C2)CC(c2cnc(N4C5CCC4CN(c4cc(-c6ccccc6O)nnc4N)C5)nc2)C3)C(C)(C)C)c(C(F)(F)F)c1. The highest BCUT2D eigenvalue weighted by Crippen LogP contribution is 2.64. The van der Waals surface area contributed by atoms with Crippen molar-refractivity contribution >= 4 is 46.5 Å². The lowest BCUT2D eigenvalue weighted by Gasteiger charge is -2.57. The van der Waals surface area contributed by atoms with E-state index in [4.69, 9.17) is 15.7 Å². The Hall–Kier alpha value is -6.41. The molecule has 0 radical (unpaired) electrons. The van der Waals surface area contributed by atoms with Gasteiger partial charge in [0.25, 0.3) is 0 Å².